The molecule has 1 aromatic carbocycles. The molecule has 2 N–H and O–H groups in total. The molecule has 1 aliphatic heterocycles. The molecule has 0 saturated carbocycles. The van der Waals surface area contributed by atoms with Crippen molar-refractivity contribution in [3.8, 4) is 0 Å². The first-order valence-electron chi connectivity index (χ1n) is 7.11. The summed E-state index contributed by atoms with van der Waals surface area (Å²) in [4.78, 5) is 26.9. The lowest BCUT2D eigenvalue weighted by Crippen LogP contribution is -2.36. The number of amides is 1. The highest BCUT2D eigenvalue weighted by Crippen LogP contribution is 2.26. The van der Waals surface area contributed by atoms with Crippen LogP contribution in [0.1, 0.15) is 42.0 Å². The molecule has 1 aliphatic rings. The molecule has 21 heavy (non-hydrogen) atoms. The summed E-state index contributed by atoms with van der Waals surface area (Å²) in [6.45, 7) is 2.62. The number of aromatic carboxylic acids is 1. The Bertz CT molecular complexity index is 710. The summed E-state index contributed by atoms with van der Waals surface area (Å²) in [5.74, 6) is 0.0602. The molecule has 1 atom stereocenters. The third-order valence-electron chi connectivity index (χ3n) is 3.93. The highest BCUT2D eigenvalue weighted by molar-refractivity contribution is 5.92. The largest absolute Gasteiger partial charge is 0.478 e. The Hall–Kier alpha value is -2.37. The van der Waals surface area contributed by atoms with E-state index in [2.05, 4.69) is 14.9 Å². The van der Waals surface area contributed by atoms with Crippen LogP contribution in [0.15, 0.2) is 18.2 Å². The van der Waals surface area contributed by atoms with E-state index in [-0.39, 0.29) is 17.5 Å². The van der Waals surface area contributed by atoms with E-state index in [0.717, 1.165) is 24.2 Å². The lowest BCUT2D eigenvalue weighted by atomic mass is 10.1. The lowest BCUT2D eigenvalue weighted by molar-refractivity contribution is -0.122. The molecule has 3 rings (SSSR count). The fourth-order valence-electron chi connectivity index (χ4n) is 2.88. The fraction of sp³-hybridized carbons (Fsp3) is 0.400. The number of benzene rings is 1. The van der Waals surface area contributed by atoms with Gasteiger partial charge >= 0.3 is 5.97 Å². The molecule has 0 radical (unpaired) electrons. The number of nitrogens with one attached hydrogen (secondary N) is 1. The van der Waals surface area contributed by atoms with Gasteiger partial charge in [-0.15, -0.1) is 0 Å². The second-order valence-corrected chi connectivity index (χ2v) is 5.26. The minimum atomic E-state index is -0.950. The molecular formula is C15H17N3O3. The average Bonchev–Trinajstić information content (AvgIpc) is 2.85. The van der Waals surface area contributed by atoms with Gasteiger partial charge in [0.2, 0.25) is 5.91 Å². The van der Waals surface area contributed by atoms with Crippen LogP contribution in [0.25, 0.3) is 11.0 Å². The summed E-state index contributed by atoms with van der Waals surface area (Å²) in [5.41, 5.74) is 1.87. The first-order chi connectivity index (χ1) is 10.1. The normalized spacial score (nSPS) is 18.7. The van der Waals surface area contributed by atoms with Crippen molar-refractivity contribution < 1.29 is 14.7 Å². The number of carboxylic acid groups (broad SMARTS) is 1. The van der Waals surface area contributed by atoms with Gasteiger partial charge in [-0.25, -0.2) is 9.78 Å². The molecule has 0 bridgehead atoms. The lowest BCUT2D eigenvalue weighted by Gasteiger charge is -2.25. The SMILES string of the molecule is CCc1nc2cc(C(=O)O)ccc2n1C1CCC(=O)NC1. The number of aromatic nitrogens is 2. The van der Waals surface area contributed by atoms with Gasteiger partial charge in [0.05, 0.1) is 22.6 Å². The zero-order valence-electron chi connectivity index (χ0n) is 11.8. The van der Waals surface area contributed by atoms with Crippen LogP contribution in [-0.4, -0.2) is 33.1 Å². The van der Waals surface area contributed by atoms with Crippen molar-refractivity contribution in [1.29, 1.82) is 0 Å². The minimum absolute atomic E-state index is 0.0851. The Kier molecular flexibility index (Phi) is 3.37. The Morgan fingerprint density at radius 2 is 2.33 bits per heavy atom. The first-order valence-corrected chi connectivity index (χ1v) is 7.11. The van der Waals surface area contributed by atoms with Crippen molar-refractivity contribution in [2.75, 3.05) is 6.54 Å². The van der Waals surface area contributed by atoms with Crippen molar-refractivity contribution in [3.63, 3.8) is 0 Å². The molecule has 1 aromatic heterocycles. The summed E-state index contributed by atoms with van der Waals surface area (Å²) in [5, 5.41) is 12.0. The van der Waals surface area contributed by atoms with Gasteiger partial charge < -0.3 is 15.0 Å². The third-order valence-corrected chi connectivity index (χ3v) is 3.93. The number of carbonyl (C=O) groups excluding carboxylic acids is 1. The monoisotopic (exact) mass is 287 g/mol. The number of fused-ring (bicyclic) bond motifs is 1. The third kappa shape index (κ3) is 2.37. The summed E-state index contributed by atoms with van der Waals surface area (Å²) in [7, 11) is 0. The van der Waals surface area contributed by atoms with Gasteiger partial charge in [-0.2, -0.15) is 0 Å². The van der Waals surface area contributed by atoms with Crippen LogP contribution in [0, 0.1) is 0 Å². The van der Waals surface area contributed by atoms with Gasteiger partial charge in [0.15, 0.2) is 0 Å². The quantitative estimate of drug-likeness (QED) is 0.900. The molecular weight excluding hydrogens is 270 g/mol. The number of piperidine rings is 1. The van der Waals surface area contributed by atoms with Crippen LogP contribution in [0.2, 0.25) is 0 Å². The van der Waals surface area contributed by atoms with E-state index < -0.39 is 5.97 Å². The van der Waals surface area contributed by atoms with Crippen molar-refractivity contribution in [2.45, 2.75) is 32.2 Å². The predicted molar refractivity (Wildman–Crippen MR) is 77.4 cm³/mol. The van der Waals surface area contributed by atoms with Gasteiger partial charge in [-0.05, 0) is 24.6 Å². The van der Waals surface area contributed by atoms with Crippen LogP contribution in [0.3, 0.4) is 0 Å². The second kappa shape index (κ2) is 5.20. The second-order valence-electron chi connectivity index (χ2n) is 5.26. The standard InChI is InChI=1S/C15H17N3O3/c1-2-13-17-11-7-9(15(20)21)3-5-12(11)18(13)10-4-6-14(19)16-8-10/h3,5,7,10H,2,4,6,8H2,1H3,(H,16,19)(H,20,21). The maximum Gasteiger partial charge on any atom is 0.335 e. The minimum Gasteiger partial charge on any atom is -0.478 e. The van der Waals surface area contributed by atoms with E-state index in [4.69, 9.17) is 5.11 Å². The fourth-order valence-corrected chi connectivity index (χ4v) is 2.88. The van der Waals surface area contributed by atoms with E-state index in [9.17, 15) is 9.59 Å². The molecule has 1 amide bonds. The van der Waals surface area contributed by atoms with E-state index in [1.807, 2.05) is 6.92 Å². The van der Waals surface area contributed by atoms with Crippen molar-refractivity contribution >= 4 is 22.9 Å². The summed E-state index contributed by atoms with van der Waals surface area (Å²) < 4.78 is 2.14. The Labute approximate surface area is 121 Å². The Balaban J connectivity index is 2.08. The zero-order chi connectivity index (χ0) is 15.0. The van der Waals surface area contributed by atoms with Gasteiger partial charge in [-0.3, -0.25) is 4.79 Å². The van der Waals surface area contributed by atoms with Crippen LogP contribution in [0.5, 0.6) is 0 Å². The Morgan fingerprint density at radius 1 is 1.52 bits per heavy atom. The maximum atomic E-state index is 11.3. The highest BCUT2D eigenvalue weighted by atomic mass is 16.4. The van der Waals surface area contributed by atoms with Gasteiger partial charge in [0.1, 0.15) is 5.82 Å². The first kappa shape index (κ1) is 13.6. The van der Waals surface area contributed by atoms with Crippen LogP contribution >= 0.6 is 0 Å². The molecule has 110 valence electrons. The molecule has 1 saturated heterocycles. The number of hydrogen-bond acceptors (Lipinski definition) is 3. The highest BCUT2D eigenvalue weighted by Gasteiger charge is 2.23. The van der Waals surface area contributed by atoms with E-state index in [1.165, 1.54) is 0 Å². The molecule has 1 fully saturated rings. The molecule has 0 spiro atoms. The molecule has 2 aromatic rings. The molecule has 6 heteroatoms. The average molecular weight is 287 g/mol. The maximum absolute atomic E-state index is 11.3. The molecule has 2 heterocycles. The number of nitrogens with zero attached hydrogens (tertiary/aromatic N) is 2. The molecule has 1 unspecified atom stereocenters. The summed E-state index contributed by atoms with van der Waals surface area (Å²) in [6, 6.07) is 5.19. The van der Waals surface area contributed by atoms with Gasteiger partial charge in [0.25, 0.3) is 0 Å². The number of aryl methyl sites for hydroxylation is 1. The van der Waals surface area contributed by atoms with E-state index >= 15 is 0 Å². The van der Waals surface area contributed by atoms with Crippen molar-refractivity contribution in [2.24, 2.45) is 0 Å². The topological polar surface area (TPSA) is 84.2 Å². The number of imidazole rings is 1. The number of carboxylic acids is 1. The van der Waals surface area contributed by atoms with Gasteiger partial charge in [0, 0.05) is 19.4 Å². The summed E-state index contributed by atoms with van der Waals surface area (Å²) >= 11 is 0. The smallest absolute Gasteiger partial charge is 0.335 e. The molecule has 0 aliphatic carbocycles. The van der Waals surface area contributed by atoms with Crippen molar-refractivity contribution in [1.82, 2.24) is 14.9 Å². The van der Waals surface area contributed by atoms with Crippen molar-refractivity contribution in [3.05, 3.63) is 29.6 Å². The van der Waals surface area contributed by atoms with Gasteiger partial charge in [-0.1, -0.05) is 6.92 Å². The number of carbonyl (C=O) groups is 2. The Morgan fingerprint density at radius 3 is 2.95 bits per heavy atom. The number of hydrogen-bond donors (Lipinski definition) is 2. The zero-order valence-corrected chi connectivity index (χ0v) is 11.8. The van der Waals surface area contributed by atoms with E-state index in [1.54, 1.807) is 18.2 Å². The van der Waals surface area contributed by atoms with Crippen LogP contribution < -0.4 is 5.32 Å². The summed E-state index contributed by atoms with van der Waals surface area (Å²) in [6.07, 6.45) is 2.06. The molecule has 6 nitrogen and oxygen atoms in total. The number of rotatable bonds is 3. The van der Waals surface area contributed by atoms with E-state index in [0.29, 0.717) is 18.5 Å². The predicted octanol–water partition coefficient (Wildman–Crippen LogP) is 1.75. The van der Waals surface area contributed by atoms with Crippen LogP contribution in [-0.2, 0) is 11.2 Å². The van der Waals surface area contributed by atoms with Crippen LogP contribution in [0.4, 0.5) is 0 Å².